The van der Waals surface area contributed by atoms with Crippen molar-refractivity contribution in [3.05, 3.63) is 0 Å². The molecule has 2 saturated heterocycles. The van der Waals surface area contributed by atoms with E-state index in [4.69, 9.17) is 0 Å². The van der Waals surface area contributed by atoms with Crippen LogP contribution in [-0.4, -0.2) is 6.71 Å². The lowest BCUT2D eigenvalue weighted by Crippen LogP contribution is -2.58. The fraction of sp³-hybridized carbons (Fsp3) is 1.00. The zero-order valence-corrected chi connectivity index (χ0v) is 13.2. The molecular formula is C18H31B. The van der Waals surface area contributed by atoms with Crippen molar-refractivity contribution in [2.75, 3.05) is 0 Å². The summed E-state index contributed by atoms with van der Waals surface area (Å²) in [5.74, 6) is 6.47. The lowest BCUT2D eigenvalue weighted by atomic mass is 9.31. The van der Waals surface area contributed by atoms with Gasteiger partial charge in [0.25, 0.3) is 0 Å². The van der Waals surface area contributed by atoms with Crippen molar-refractivity contribution in [2.45, 2.75) is 71.8 Å². The number of rotatable bonds is 1. The molecule has 4 bridgehead atoms. The molecule has 0 aromatic heterocycles. The van der Waals surface area contributed by atoms with E-state index >= 15 is 0 Å². The van der Waals surface area contributed by atoms with Gasteiger partial charge >= 0.3 is 0 Å². The summed E-state index contributed by atoms with van der Waals surface area (Å²) in [6, 6.07) is 0. The Labute approximate surface area is 120 Å². The van der Waals surface area contributed by atoms with E-state index in [0.717, 1.165) is 42.2 Å². The van der Waals surface area contributed by atoms with Crippen molar-refractivity contribution in [3.8, 4) is 0 Å². The molecule has 3 saturated carbocycles. The van der Waals surface area contributed by atoms with Crippen LogP contribution in [0.4, 0.5) is 0 Å². The van der Waals surface area contributed by atoms with E-state index in [1.807, 2.05) is 0 Å². The van der Waals surface area contributed by atoms with E-state index in [0.29, 0.717) is 5.41 Å². The Kier molecular flexibility index (Phi) is 2.88. The Morgan fingerprint density at radius 3 is 2.53 bits per heavy atom. The first-order valence-electron chi connectivity index (χ1n) is 9.07. The highest BCUT2D eigenvalue weighted by molar-refractivity contribution is 6.59. The van der Waals surface area contributed by atoms with Crippen molar-refractivity contribution < 1.29 is 0 Å². The molecule has 5 aliphatic rings. The third-order valence-electron chi connectivity index (χ3n) is 8.15. The molecule has 0 aromatic carbocycles. The third-order valence-corrected chi connectivity index (χ3v) is 8.15. The molecule has 0 radical (unpaired) electrons. The Hall–Kier alpha value is 0.0649. The minimum Gasteiger partial charge on any atom is -0.0741 e. The van der Waals surface area contributed by atoms with Crippen LogP contribution in [0.5, 0.6) is 0 Å². The molecule has 2 aliphatic heterocycles. The normalized spacial score (nSPS) is 51.6. The Balaban J connectivity index is 1.55. The smallest absolute Gasteiger partial charge is 0.0741 e. The van der Waals surface area contributed by atoms with Crippen LogP contribution in [0.15, 0.2) is 0 Å². The summed E-state index contributed by atoms with van der Waals surface area (Å²) in [4.78, 5) is 0. The minimum atomic E-state index is 0.674. The fourth-order valence-corrected chi connectivity index (χ4v) is 7.13. The Bertz CT molecular complexity index is 361. The van der Waals surface area contributed by atoms with Gasteiger partial charge < -0.3 is 0 Å². The first kappa shape index (κ1) is 12.8. The highest BCUT2D eigenvalue weighted by Crippen LogP contribution is 2.66. The van der Waals surface area contributed by atoms with Crippen LogP contribution >= 0.6 is 0 Å². The van der Waals surface area contributed by atoms with Gasteiger partial charge in [0.05, 0.1) is 0 Å². The molecule has 0 nitrogen and oxygen atoms in total. The van der Waals surface area contributed by atoms with Gasteiger partial charge in [-0.3, -0.25) is 0 Å². The van der Waals surface area contributed by atoms with Crippen LogP contribution < -0.4 is 0 Å². The van der Waals surface area contributed by atoms with Crippen LogP contribution in [0, 0.1) is 40.9 Å². The van der Waals surface area contributed by atoms with Crippen molar-refractivity contribution in [1.29, 1.82) is 0 Å². The Morgan fingerprint density at radius 1 is 0.947 bits per heavy atom. The average molecular weight is 258 g/mol. The molecule has 19 heavy (non-hydrogen) atoms. The summed E-state index contributed by atoms with van der Waals surface area (Å²) >= 11 is 0. The van der Waals surface area contributed by atoms with Gasteiger partial charge in [0.2, 0.25) is 0 Å². The van der Waals surface area contributed by atoms with E-state index in [-0.39, 0.29) is 0 Å². The van der Waals surface area contributed by atoms with E-state index in [2.05, 4.69) is 20.8 Å². The molecular weight excluding hydrogens is 227 g/mol. The maximum atomic E-state index is 2.58. The number of hydrogen-bond donors (Lipinski definition) is 0. The molecule has 0 unspecified atom stereocenters. The van der Waals surface area contributed by atoms with Crippen LogP contribution in [0.1, 0.15) is 52.9 Å². The van der Waals surface area contributed by atoms with E-state index in [1.54, 1.807) is 51.1 Å². The summed E-state index contributed by atoms with van der Waals surface area (Å²) in [5.41, 5.74) is 0.674. The molecule has 106 valence electrons. The quantitative estimate of drug-likeness (QED) is 0.565. The van der Waals surface area contributed by atoms with Gasteiger partial charge in [-0.05, 0) is 53.8 Å². The van der Waals surface area contributed by atoms with E-state index in [1.165, 1.54) is 0 Å². The van der Waals surface area contributed by atoms with Crippen LogP contribution in [0.2, 0.25) is 19.0 Å². The molecule has 1 heteroatoms. The fourth-order valence-electron chi connectivity index (χ4n) is 7.13. The highest BCUT2D eigenvalue weighted by atomic mass is 14.6. The maximum Gasteiger partial charge on any atom is 0.140 e. The zero-order valence-electron chi connectivity index (χ0n) is 13.2. The third kappa shape index (κ3) is 1.79. The standard InChI is InChI=1S/C18H31B/c1-12-9-15(17-10-16(12)18(17,2)3)14-6-8-19-7-4-5-13(14)11-19/h12-17H,4-11H2,1-3H3/t12-,13+,14-,15-,16-,17-/m0/s1. The Morgan fingerprint density at radius 2 is 1.79 bits per heavy atom. The lowest BCUT2D eigenvalue weighted by molar-refractivity contribution is -0.158. The van der Waals surface area contributed by atoms with Crippen LogP contribution in [-0.2, 0) is 0 Å². The lowest BCUT2D eigenvalue weighted by Gasteiger charge is -2.65. The predicted molar refractivity (Wildman–Crippen MR) is 83.7 cm³/mol. The first-order chi connectivity index (χ1) is 9.07. The molecule has 0 amide bonds. The van der Waals surface area contributed by atoms with Gasteiger partial charge in [-0.15, -0.1) is 0 Å². The first-order valence-corrected chi connectivity index (χ1v) is 9.07. The van der Waals surface area contributed by atoms with Gasteiger partial charge in [-0.1, -0.05) is 59.0 Å². The van der Waals surface area contributed by atoms with E-state index in [9.17, 15) is 0 Å². The minimum absolute atomic E-state index is 0.674. The topological polar surface area (TPSA) is 0 Å². The van der Waals surface area contributed by atoms with Gasteiger partial charge in [-0.2, -0.15) is 0 Å². The van der Waals surface area contributed by atoms with Gasteiger partial charge in [0.1, 0.15) is 6.71 Å². The summed E-state index contributed by atoms with van der Waals surface area (Å²) in [6.07, 6.45) is 12.6. The largest absolute Gasteiger partial charge is 0.140 e. The summed E-state index contributed by atoms with van der Waals surface area (Å²) < 4.78 is 0. The molecule has 0 aromatic rings. The number of fused-ring (bicyclic) bond motifs is 4. The molecule has 3 aliphatic carbocycles. The average Bonchev–Trinajstić information content (AvgIpc) is 2.38. The number of hydrogen-bond acceptors (Lipinski definition) is 0. The van der Waals surface area contributed by atoms with E-state index < -0.39 is 0 Å². The second-order valence-corrected chi connectivity index (χ2v) is 9.18. The van der Waals surface area contributed by atoms with Crippen molar-refractivity contribution in [2.24, 2.45) is 40.9 Å². The molecule has 0 N–H and O–H groups in total. The van der Waals surface area contributed by atoms with Gasteiger partial charge in [-0.25, -0.2) is 0 Å². The maximum absolute atomic E-state index is 2.58. The molecule has 5 fully saturated rings. The van der Waals surface area contributed by atoms with Gasteiger partial charge in [0.15, 0.2) is 0 Å². The second-order valence-electron chi connectivity index (χ2n) is 9.18. The van der Waals surface area contributed by atoms with Gasteiger partial charge in [0, 0.05) is 0 Å². The summed E-state index contributed by atoms with van der Waals surface area (Å²) in [6.45, 7) is 8.85. The summed E-state index contributed by atoms with van der Waals surface area (Å²) in [5, 5.41) is 0. The summed E-state index contributed by atoms with van der Waals surface area (Å²) in [7, 11) is 0. The van der Waals surface area contributed by atoms with Crippen molar-refractivity contribution in [1.82, 2.24) is 0 Å². The van der Waals surface area contributed by atoms with Crippen molar-refractivity contribution in [3.63, 3.8) is 0 Å². The van der Waals surface area contributed by atoms with Crippen LogP contribution in [0.3, 0.4) is 0 Å². The molecule has 2 heterocycles. The van der Waals surface area contributed by atoms with Crippen LogP contribution in [0.25, 0.3) is 0 Å². The molecule has 6 atom stereocenters. The monoisotopic (exact) mass is 258 g/mol. The SMILES string of the molecule is C[C@H]1C[C@@H]([C@H]2CCB3CCC[C@@H]2C3)[C@@H]2C[C@@H]1C2(C)C. The second kappa shape index (κ2) is 4.28. The predicted octanol–water partition coefficient (Wildman–Crippen LogP) is 5.23. The van der Waals surface area contributed by atoms with Crippen molar-refractivity contribution >= 4 is 6.71 Å². The molecule has 5 rings (SSSR count). The highest BCUT2D eigenvalue weighted by Gasteiger charge is 2.59. The molecule has 0 spiro atoms. The zero-order chi connectivity index (χ0) is 13.2.